The number of pyridine rings is 1. The summed E-state index contributed by atoms with van der Waals surface area (Å²) in [5.41, 5.74) is 7.94. The number of nitrogens with two attached hydrogens (primary N) is 1. The van der Waals surface area contributed by atoms with Crippen molar-refractivity contribution in [2.24, 2.45) is 11.7 Å². The molecule has 0 radical (unpaired) electrons. The summed E-state index contributed by atoms with van der Waals surface area (Å²) in [6.45, 7) is 4.99. The molecule has 0 bridgehead atoms. The van der Waals surface area contributed by atoms with Crippen molar-refractivity contribution in [2.75, 3.05) is 5.32 Å². The maximum absolute atomic E-state index is 6.58. The van der Waals surface area contributed by atoms with Crippen LogP contribution in [0.1, 0.15) is 30.2 Å². The first-order chi connectivity index (χ1) is 11.9. The molecule has 3 heterocycles. The second-order valence-corrected chi connectivity index (χ2v) is 9.23. The van der Waals surface area contributed by atoms with E-state index in [1.807, 2.05) is 11.4 Å². The van der Waals surface area contributed by atoms with Gasteiger partial charge in [0.2, 0.25) is 0 Å². The molecule has 0 aliphatic carbocycles. The van der Waals surface area contributed by atoms with Gasteiger partial charge in [-0.3, -0.25) is 0 Å². The van der Waals surface area contributed by atoms with E-state index in [1.165, 1.54) is 0 Å². The van der Waals surface area contributed by atoms with Crippen LogP contribution in [-0.4, -0.2) is 16.0 Å². The number of nitrogens with zero attached hydrogens (tertiary/aromatic N) is 2. The van der Waals surface area contributed by atoms with Crippen LogP contribution >= 0.6 is 58.3 Å². The first kappa shape index (κ1) is 21.7. The van der Waals surface area contributed by atoms with Crippen LogP contribution in [-0.2, 0) is 13.0 Å². The van der Waals surface area contributed by atoms with Crippen molar-refractivity contribution in [1.29, 1.82) is 0 Å². The molecule has 0 fully saturated rings. The van der Waals surface area contributed by atoms with Crippen molar-refractivity contribution >= 4 is 74.2 Å². The number of fused-ring (bicyclic) bond motifs is 1. The number of anilines is 1. The van der Waals surface area contributed by atoms with Crippen molar-refractivity contribution in [3.05, 3.63) is 37.7 Å². The van der Waals surface area contributed by atoms with Gasteiger partial charge in [-0.1, -0.05) is 37.0 Å². The van der Waals surface area contributed by atoms with Gasteiger partial charge in [-0.25, -0.2) is 9.97 Å². The third-order valence-corrected chi connectivity index (χ3v) is 6.48. The van der Waals surface area contributed by atoms with E-state index in [9.17, 15) is 0 Å². The molecule has 26 heavy (non-hydrogen) atoms. The zero-order valence-corrected chi connectivity index (χ0v) is 18.4. The predicted molar refractivity (Wildman–Crippen MR) is 117 cm³/mol. The zero-order valence-electron chi connectivity index (χ0n) is 14.5. The van der Waals surface area contributed by atoms with Gasteiger partial charge in [0.05, 0.1) is 22.0 Å². The third-order valence-electron chi connectivity index (χ3n) is 3.75. The molecular formula is C17H21Cl3N4S2. The standard InChI is InChI=1S/C17H20Cl2N4S2.ClH/c1-9(2)5-10(20)6-12-15(19)16-17(25-12)11(7-13(18)23-16)22-8-14-21-3-4-24-14;/h3-4,7,9-10H,5-6,8,20H2,1-2H3,(H,22,23);1H/t10-;/m0./s1. The van der Waals surface area contributed by atoms with Crippen LogP contribution in [0, 0.1) is 5.92 Å². The number of thiazole rings is 1. The largest absolute Gasteiger partial charge is 0.377 e. The summed E-state index contributed by atoms with van der Waals surface area (Å²) >= 11 is 16.0. The Morgan fingerprint density at radius 3 is 2.73 bits per heavy atom. The van der Waals surface area contributed by atoms with Crippen LogP contribution in [0.3, 0.4) is 0 Å². The fourth-order valence-corrected chi connectivity index (χ4v) is 5.11. The van der Waals surface area contributed by atoms with E-state index in [4.69, 9.17) is 28.9 Å². The minimum atomic E-state index is 0. The SMILES string of the molecule is CC(C)C[C@H](N)Cc1sc2c(NCc3nccs3)cc(Cl)nc2c1Cl.Cl. The Hall–Kier alpha value is -0.630. The Balaban J connectivity index is 0.00000243. The average Bonchev–Trinajstić information content (AvgIpc) is 3.14. The lowest BCUT2D eigenvalue weighted by atomic mass is 10.0. The lowest BCUT2D eigenvalue weighted by molar-refractivity contribution is 0.495. The fraction of sp³-hybridized carbons (Fsp3) is 0.412. The second-order valence-electron chi connectivity index (χ2n) is 6.38. The number of aromatic nitrogens is 2. The van der Waals surface area contributed by atoms with Gasteiger partial charge in [0.15, 0.2) is 0 Å². The van der Waals surface area contributed by atoms with E-state index in [0.29, 0.717) is 22.6 Å². The van der Waals surface area contributed by atoms with Gasteiger partial charge in [-0.2, -0.15) is 0 Å². The van der Waals surface area contributed by atoms with Crippen molar-refractivity contribution < 1.29 is 0 Å². The topological polar surface area (TPSA) is 63.8 Å². The van der Waals surface area contributed by atoms with Gasteiger partial charge in [0.25, 0.3) is 0 Å². The Kier molecular flexibility index (Phi) is 7.94. The second kappa shape index (κ2) is 9.53. The van der Waals surface area contributed by atoms with E-state index in [-0.39, 0.29) is 18.4 Å². The molecule has 9 heteroatoms. The molecule has 142 valence electrons. The van der Waals surface area contributed by atoms with Gasteiger partial charge >= 0.3 is 0 Å². The molecule has 0 aliphatic heterocycles. The molecule has 0 saturated carbocycles. The molecule has 1 atom stereocenters. The van der Waals surface area contributed by atoms with E-state index in [1.54, 1.807) is 28.9 Å². The highest BCUT2D eigenvalue weighted by Gasteiger charge is 2.18. The Morgan fingerprint density at radius 1 is 1.31 bits per heavy atom. The van der Waals surface area contributed by atoms with Gasteiger partial charge in [0.1, 0.15) is 15.7 Å². The van der Waals surface area contributed by atoms with E-state index in [2.05, 4.69) is 29.1 Å². The summed E-state index contributed by atoms with van der Waals surface area (Å²) in [5, 5.41) is 7.47. The Labute approximate surface area is 177 Å². The van der Waals surface area contributed by atoms with Crippen LogP contribution in [0.5, 0.6) is 0 Å². The minimum Gasteiger partial charge on any atom is -0.377 e. The Bertz CT molecular complexity index is 849. The lowest BCUT2D eigenvalue weighted by Crippen LogP contribution is -2.24. The summed E-state index contributed by atoms with van der Waals surface area (Å²) < 4.78 is 1.01. The molecule has 0 unspecified atom stereocenters. The lowest BCUT2D eigenvalue weighted by Gasteiger charge is -2.12. The molecule has 3 N–H and O–H groups in total. The number of hydrogen-bond acceptors (Lipinski definition) is 6. The maximum Gasteiger partial charge on any atom is 0.131 e. The van der Waals surface area contributed by atoms with Crippen LogP contribution in [0.4, 0.5) is 5.69 Å². The van der Waals surface area contributed by atoms with Crippen LogP contribution in [0.25, 0.3) is 10.2 Å². The number of rotatable bonds is 7. The summed E-state index contributed by atoms with van der Waals surface area (Å²) in [7, 11) is 0. The van der Waals surface area contributed by atoms with E-state index in [0.717, 1.165) is 38.6 Å². The number of hydrogen-bond donors (Lipinski definition) is 2. The molecule has 0 aromatic carbocycles. The first-order valence-corrected chi connectivity index (χ1v) is 10.5. The molecule has 0 spiro atoms. The highest BCUT2D eigenvalue weighted by atomic mass is 35.5. The summed E-state index contributed by atoms with van der Waals surface area (Å²) in [6, 6.07) is 1.93. The fourth-order valence-electron chi connectivity index (χ4n) is 2.75. The molecular weight excluding hydrogens is 431 g/mol. The van der Waals surface area contributed by atoms with Crippen molar-refractivity contribution in [2.45, 2.75) is 39.3 Å². The zero-order chi connectivity index (χ0) is 18.0. The summed E-state index contributed by atoms with van der Waals surface area (Å²) in [6.07, 6.45) is 3.52. The highest BCUT2D eigenvalue weighted by Crippen LogP contribution is 2.40. The predicted octanol–water partition coefficient (Wildman–Crippen LogP) is 6.01. The van der Waals surface area contributed by atoms with Gasteiger partial charge in [-0.05, 0) is 18.8 Å². The first-order valence-electron chi connectivity index (χ1n) is 8.09. The smallest absolute Gasteiger partial charge is 0.131 e. The molecule has 0 saturated heterocycles. The van der Waals surface area contributed by atoms with Crippen LogP contribution in [0.15, 0.2) is 17.6 Å². The number of nitrogens with one attached hydrogen (secondary N) is 1. The molecule has 0 aliphatic rings. The molecule has 3 rings (SSSR count). The van der Waals surface area contributed by atoms with Gasteiger partial charge in [0, 0.05) is 28.6 Å². The molecule has 0 amide bonds. The monoisotopic (exact) mass is 450 g/mol. The van der Waals surface area contributed by atoms with Crippen molar-refractivity contribution in [3.8, 4) is 0 Å². The summed E-state index contributed by atoms with van der Waals surface area (Å²) in [5.74, 6) is 0.561. The maximum atomic E-state index is 6.58. The van der Waals surface area contributed by atoms with Gasteiger partial charge < -0.3 is 11.1 Å². The quantitative estimate of drug-likeness (QED) is 0.432. The van der Waals surface area contributed by atoms with Crippen LogP contribution in [0.2, 0.25) is 10.2 Å². The van der Waals surface area contributed by atoms with E-state index >= 15 is 0 Å². The van der Waals surface area contributed by atoms with Crippen LogP contribution < -0.4 is 11.1 Å². The normalized spacial score (nSPS) is 12.4. The minimum absolute atomic E-state index is 0. The number of thiophene rings is 1. The van der Waals surface area contributed by atoms with E-state index < -0.39 is 0 Å². The van der Waals surface area contributed by atoms with Crippen molar-refractivity contribution in [1.82, 2.24) is 9.97 Å². The summed E-state index contributed by atoms with van der Waals surface area (Å²) in [4.78, 5) is 9.78. The molecule has 3 aromatic rings. The highest BCUT2D eigenvalue weighted by molar-refractivity contribution is 7.20. The van der Waals surface area contributed by atoms with Crippen molar-refractivity contribution in [3.63, 3.8) is 0 Å². The number of halogens is 3. The third kappa shape index (κ3) is 5.21. The molecule has 3 aromatic heterocycles. The average molecular weight is 452 g/mol. The van der Waals surface area contributed by atoms with Gasteiger partial charge in [-0.15, -0.1) is 35.1 Å². The molecule has 4 nitrogen and oxygen atoms in total. The Morgan fingerprint density at radius 2 is 2.08 bits per heavy atom.